The molecule has 2 aromatic carbocycles. The molecule has 0 unspecified atom stereocenters. The molecule has 1 aliphatic rings. The van der Waals surface area contributed by atoms with E-state index in [-0.39, 0.29) is 29.9 Å². The molecule has 0 aromatic heterocycles. The van der Waals surface area contributed by atoms with Crippen molar-refractivity contribution in [2.45, 2.75) is 30.7 Å². The number of piperidine rings is 1. The van der Waals surface area contributed by atoms with Crippen LogP contribution in [-0.2, 0) is 26.1 Å². The molecule has 31 heavy (non-hydrogen) atoms. The van der Waals surface area contributed by atoms with E-state index < -0.39 is 10.0 Å². The van der Waals surface area contributed by atoms with Crippen molar-refractivity contribution in [1.82, 2.24) is 10.0 Å². The number of hydrogen-bond donors (Lipinski definition) is 2. The van der Waals surface area contributed by atoms with E-state index in [0.717, 1.165) is 24.1 Å². The fraction of sp³-hybridized carbons (Fsp3) is 0.364. The zero-order chi connectivity index (χ0) is 22.3. The fourth-order valence-electron chi connectivity index (χ4n) is 3.34. The highest BCUT2D eigenvalue weighted by molar-refractivity contribution is 7.89. The van der Waals surface area contributed by atoms with Gasteiger partial charge in [-0.1, -0.05) is 12.1 Å². The molecule has 9 heteroatoms. The van der Waals surface area contributed by atoms with Gasteiger partial charge in [0.15, 0.2) is 0 Å². The Bertz CT molecular complexity index is 1020. The zero-order valence-corrected chi connectivity index (χ0v) is 18.3. The van der Waals surface area contributed by atoms with Gasteiger partial charge in [0.25, 0.3) is 5.91 Å². The predicted molar refractivity (Wildman–Crippen MR) is 117 cm³/mol. The summed E-state index contributed by atoms with van der Waals surface area (Å²) in [5.74, 6) is -0.185. The lowest BCUT2D eigenvalue weighted by molar-refractivity contribution is -0.119. The van der Waals surface area contributed by atoms with Gasteiger partial charge in [0.2, 0.25) is 15.9 Å². The minimum atomic E-state index is -3.64. The monoisotopic (exact) mass is 445 g/mol. The van der Waals surface area contributed by atoms with Crippen molar-refractivity contribution in [2.75, 3.05) is 31.7 Å². The molecule has 0 atom stereocenters. The molecule has 0 saturated carbocycles. The summed E-state index contributed by atoms with van der Waals surface area (Å²) in [6, 6.07) is 13.3. The van der Waals surface area contributed by atoms with Gasteiger partial charge in [-0.25, -0.2) is 13.1 Å². The maximum atomic E-state index is 12.5. The number of amides is 2. The van der Waals surface area contributed by atoms with E-state index in [4.69, 9.17) is 4.74 Å². The van der Waals surface area contributed by atoms with Crippen molar-refractivity contribution in [3.63, 3.8) is 0 Å². The smallest absolute Gasteiger partial charge is 0.251 e. The predicted octanol–water partition coefficient (Wildman–Crippen LogP) is 2.06. The number of carbonyl (C=O) groups excluding carboxylic acids is 2. The van der Waals surface area contributed by atoms with E-state index in [1.54, 1.807) is 4.90 Å². The number of anilines is 1. The van der Waals surface area contributed by atoms with Gasteiger partial charge in [0, 0.05) is 44.4 Å². The van der Waals surface area contributed by atoms with Crippen LogP contribution in [0.5, 0.6) is 0 Å². The summed E-state index contributed by atoms with van der Waals surface area (Å²) >= 11 is 0. The van der Waals surface area contributed by atoms with Gasteiger partial charge in [-0.05, 0) is 54.8 Å². The third kappa shape index (κ3) is 6.13. The van der Waals surface area contributed by atoms with Crippen LogP contribution >= 0.6 is 0 Å². The lowest BCUT2D eigenvalue weighted by Crippen LogP contribution is -2.35. The highest BCUT2D eigenvalue weighted by Gasteiger charge is 2.19. The Hall–Kier alpha value is -2.75. The van der Waals surface area contributed by atoms with E-state index in [0.29, 0.717) is 25.1 Å². The largest absolute Gasteiger partial charge is 0.383 e. The minimum Gasteiger partial charge on any atom is -0.383 e. The van der Waals surface area contributed by atoms with Crippen LogP contribution in [0.1, 0.15) is 35.2 Å². The van der Waals surface area contributed by atoms with Gasteiger partial charge in [0.05, 0.1) is 11.5 Å². The number of hydrogen-bond acceptors (Lipinski definition) is 5. The van der Waals surface area contributed by atoms with Gasteiger partial charge in [-0.2, -0.15) is 0 Å². The Morgan fingerprint density at radius 1 is 1.13 bits per heavy atom. The third-order valence-electron chi connectivity index (χ3n) is 5.02. The highest BCUT2D eigenvalue weighted by Crippen LogP contribution is 2.22. The molecule has 1 aliphatic heterocycles. The van der Waals surface area contributed by atoms with Crippen LogP contribution in [0, 0.1) is 0 Å². The first-order chi connectivity index (χ1) is 14.9. The van der Waals surface area contributed by atoms with Gasteiger partial charge in [-0.15, -0.1) is 0 Å². The molecule has 0 aliphatic carbocycles. The van der Waals surface area contributed by atoms with Crippen LogP contribution in [0.25, 0.3) is 0 Å². The molecule has 0 radical (unpaired) electrons. The van der Waals surface area contributed by atoms with Gasteiger partial charge < -0.3 is 15.0 Å². The number of benzene rings is 2. The Balaban J connectivity index is 1.60. The van der Waals surface area contributed by atoms with Crippen molar-refractivity contribution in [3.8, 4) is 0 Å². The molecule has 3 rings (SSSR count). The van der Waals surface area contributed by atoms with Crippen molar-refractivity contribution < 1.29 is 22.7 Å². The molecule has 8 nitrogen and oxygen atoms in total. The van der Waals surface area contributed by atoms with Crippen LogP contribution in [0.2, 0.25) is 0 Å². The molecule has 0 bridgehead atoms. The van der Waals surface area contributed by atoms with E-state index in [1.165, 1.54) is 31.4 Å². The van der Waals surface area contributed by atoms with E-state index >= 15 is 0 Å². The lowest BCUT2D eigenvalue weighted by atomic mass is 10.1. The van der Waals surface area contributed by atoms with E-state index in [2.05, 4.69) is 10.0 Å². The number of nitrogens with one attached hydrogen (secondary N) is 2. The average Bonchev–Trinajstić information content (AvgIpc) is 2.78. The first-order valence-electron chi connectivity index (χ1n) is 10.2. The lowest BCUT2D eigenvalue weighted by Gasteiger charge is -2.27. The second-order valence-electron chi connectivity index (χ2n) is 7.27. The summed E-state index contributed by atoms with van der Waals surface area (Å²) in [5, 5.41) is 2.83. The number of sulfonamides is 1. The number of ether oxygens (including phenoxy) is 1. The summed E-state index contributed by atoms with van der Waals surface area (Å²) in [5.41, 5.74) is 2.08. The normalized spacial score (nSPS) is 14.5. The minimum absolute atomic E-state index is 0.0825. The zero-order valence-electron chi connectivity index (χ0n) is 17.5. The Morgan fingerprint density at radius 3 is 2.61 bits per heavy atom. The summed E-state index contributed by atoms with van der Waals surface area (Å²) in [7, 11) is -2.15. The number of nitrogens with zero attached hydrogens (tertiary/aromatic N) is 1. The van der Waals surface area contributed by atoms with Crippen molar-refractivity contribution in [1.29, 1.82) is 0 Å². The second kappa shape index (κ2) is 10.5. The molecule has 1 fully saturated rings. The fourth-order valence-corrected chi connectivity index (χ4v) is 4.36. The summed E-state index contributed by atoms with van der Waals surface area (Å²) in [6.45, 7) is 1.45. The molecular formula is C22H27N3O5S. The highest BCUT2D eigenvalue weighted by atomic mass is 32.2. The summed E-state index contributed by atoms with van der Waals surface area (Å²) in [4.78, 5) is 26.5. The van der Waals surface area contributed by atoms with Gasteiger partial charge in [-0.3, -0.25) is 9.59 Å². The maximum Gasteiger partial charge on any atom is 0.251 e. The summed E-state index contributed by atoms with van der Waals surface area (Å²) in [6.07, 6.45) is 2.48. The first kappa shape index (κ1) is 22.9. The van der Waals surface area contributed by atoms with Crippen molar-refractivity contribution in [3.05, 3.63) is 59.7 Å². The third-order valence-corrected chi connectivity index (χ3v) is 6.50. The molecule has 2 N–H and O–H groups in total. The molecule has 0 spiro atoms. The topological polar surface area (TPSA) is 105 Å². The second-order valence-corrected chi connectivity index (χ2v) is 9.04. The standard InChI is InChI=1S/C22H27N3O5S/c1-30-14-12-24-31(28,29)20-10-8-18(9-11-20)22(27)23-16-17-5-4-6-19(15-17)25-13-3-2-7-21(25)26/h4-6,8-11,15,24H,2-3,7,12-14,16H2,1H3,(H,23,27). The number of methoxy groups -OCH3 is 1. The Labute approximate surface area is 182 Å². The van der Waals surface area contributed by atoms with E-state index in [9.17, 15) is 18.0 Å². The number of carbonyl (C=O) groups is 2. The molecule has 2 amide bonds. The van der Waals surface area contributed by atoms with Crippen LogP contribution in [0.3, 0.4) is 0 Å². The van der Waals surface area contributed by atoms with Gasteiger partial charge >= 0.3 is 0 Å². The average molecular weight is 446 g/mol. The Kier molecular flexibility index (Phi) is 7.78. The molecular weight excluding hydrogens is 418 g/mol. The Morgan fingerprint density at radius 2 is 1.90 bits per heavy atom. The van der Waals surface area contributed by atoms with Crippen LogP contribution in [0.4, 0.5) is 5.69 Å². The van der Waals surface area contributed by atoms with Crippen LogP contribution in [-0.4, -0.2) is 47.0 Å². The van der Waals surface area contributed by atoms with Crippen LogP contribution < -0.4 is 14.9 Å². The van der Waals surface area contributed by atoms with Crippen molar-refractivity contribution >= 4 is 27.5 Å². The SMILES string of the molecule is COCCNS(=O)(=O)c1ccc(C(=O)NCc2cccc(N3CCCCC3=O)c2)cc1. The summed E-state index contributed by atoms with van der Waals surface area (Å²) < 4.78 is 31.6. The first-order valence-corrected chi connectivity index (χ1v) is 11.7. The quantitative estimate of drug-likeness (QED) is 0.575. The maximum absolute atomic E-state index is 12.5. The molecule has 1 heterocycles. The molecule has 2 aromatic rings. The molecule has 1 saturated heterocycles. The van der Waals surface area contributed by atoms with Crippen LogP contribution in [0.15, 0.2) is 53.4 Å². The van der Waals surface area contributed by atoms with Crippen molar-refractivity contribution in [2.24, 2.45) is 0 Å². The number of rotatable bonds is 9. The van der Waals surface area contributed by atoms with Gasteiger partial charge in [0.1, 0.15) is 0 Å². The molecule has 166 valence electrons. The van der Waals surface area contributed by atoms with E-state index in [1.807, 2.05) is 24.3 Å².